The van der Waals surface area contributed by atoms with Gasteiger partial charge in [0, 0.05) is 25.7 Å². The molecule has 0 amide bonds. The van der Waals surface area contributed by atoms with Crippen molar-refractivity contribution in [2.45, 2.75) is 64.2 Å². The number of carboxylic acids is 4. The van der Waals surface area contributed by atoms with Crippen LogP contribution < -0.4 is 0 Å². The quantitative estimate of drug-likeness (QED) is 0.400. The predicted octanol–water partition coefficient (Wildman–Crippen LogP) is 2.21. The lowest BCUT2D eigenvalue weighted by Gasteiger charge is -1.96. The molecule has 0 spiro atoms. The van der Waals surface area contributed by atoms with Crippen molar-refractivity contribution >= 4 is 23.9 Å². The summed E-state index contributed by atoms with van der Waals surface area (Å²) in [4.78, 5) is 39.9. The van der Waals surface area contributed by atoms with Crippen LogP contribution in [0.4, 0.5) is 0 Å². The van der Waals surface area contributed by atoms with Gasteiger partial charge in [0.2, 0.25) is 0 Å². The molecule has 0 aromatic carbocycles. The number of aliphatic carboxylic acids is 4. The summed E-state index contributed by atoms with van der Waals surface area (Å²) in [5, 5.41) is 32.8. The van der Waals surface area contributed by atoms with Crippen LogP contribution >= 0.6 is 0 Å². The molecule has 0 fully saturated rings. The lowest BCUT2D eigenvalue weighted by Crippen LogP contribution is -1.97. The zero-order valence-electron chi connectivity index (χ0n) is 12.5. The minimum absolute atomic E-state index is 0.0628. The predicted molar refractivity (Wildman–Crippen MR) is 76.7 cm³/mol. The zero-order valence-corrected chi connectivity index (χ0v) is 12.5. The highest BCUT2D eigenvalue weighted by molar-refractivity contribution is 5.68. The summed E-state index contributed by atoms with van der Waals surface area (Å²) < 4.78 is 0. The minimum atomic E-state index is -0.870. The molecule has 0 radical (unpaired) electrons. The summed E-state index contributed by atoms with van der Waals surface area (Å²) >= 11 is 0. The summed E-state index contributed by atoms with van der Waals surface area (Å²) in [6.45, 7) is 0. The van der Waals surface area contributed by atoms with Crippen molar-refractivity contribution in [2.75, 3.05) is 0 Å². The minimum Gasteiger partial charge on any atom is -0.481 e. The van der Waals surface area contributed by atoms with Crippen LogP contribution in [0.25, 0.3) is 0 Å². The third-order valence-electron chi connectivity index (χ3n) is 2.56. The number of hydrogen-bond donors (Lipinski definition) is 4. The first-order valence-electron chi connectivity index (χ1n) is 7.13. The molecule has 8 heteroatoms. The van der Waals surface area contributed by atoms with Crippen LogP contribution in [-0.2, 0) is 19.2 Å². The number of unbranched alkanes of at least 4 members (excludes halogenated alkanes) is 4. The van der Waals surface area contributed by atoms with Gasteiger partial charge in [-0.05, 0) is 25.7 Å². The summed E-state index contributed by atoms with van der Waals surface area (Å²) in [5.41, 5.74) is 0. The number of rotatable bonds is 12. The van der Waals surface area contributed by atoms with Gasteiger partial charge in [-0.25, -0.2) is 0 Å². The maximum absolute atomic E-state index is 10.0. The van der Waals surface area contributed by atoms with Crippen LogP contribution in [0.15, 0.2) is 0 Å². The van der Waals surface area contributed by atoms with E-state index >= 15 is 0 Å². The fourth-order valence-corrected chi connectivity index (χ4v) is 1.46. The molecular weight excluding hydrogens is 296 g/mol. The van der Waals surface area contributed by atoms with Crippen molar-refractivity contribution in [1.29, 1.82) is 0 Å². The maximum atomic E-state index is 10.0. The molecule has 0 aromatic rings. The van der Waals surface area contributed by atoms with Crippen LogP contribution in [0.1, 0.15) is 64.2 Å². The van der Waals surface area contributed by atoms with Crippen molar-refractivity contribution in [3.05, 3.63) is 0 Å². The highest BCUT2D eigenvalue weighted by Crippen LogP contribution is 2.04. The lowest BCUT2D eigenvalue weighted by atomic mass is 10.1. The van der Waals surface area contributed by atoms with E-state index in [1.54, 1.807) is 0 Å². The molecule has 0 atom stereocenters. The lowest BCUT2D eigenvalue weighted by molar-refractivity contribution is -0.139. The molecule has 0 saturated heterocycles. The Labute approximate surface area is 128 Å². The molecule has 0 aliphatic carbocycles. The standard InChI is InChI=1S/C8H14O4.C6H10O4/c9-7(10)5-3-1-2-4-6-8(11)12;7-5(8)3-1-2-4-6(9)10/h1-6H2,(H,9,10)(H,11,12);1-4H2,(H,7,8)(H,9,10). The Kier molecular flexibility index (Phi) is 15.4. The Hall–Kier alpha value is -2.12. The molecule has 22 heavy (non-hydrogen) atoms. The van der Waals surface area contributed by atoms with Gasteiger partial charge in [-0.15, -0.1) is 0 Å². The molecule has 0 aromatic heterocycles. The third-order valence-corrected chi connectivity index (χ3v) is 2.56. The van der Waals surface area contributed by atoms with Crippen molar-refractivity contribution in [3.8, 4) is 0 Å². The van der Waals surface area contributed by atoms with Crippen molar-refractivity contribution < 1.29 is 39.6 Å². The third kappa shape index (κ3) is 26.4. The van der Waals surface area contributed by atoms with Crippen LogP contribution in [0.5, 0.6) is 0 Å². The fraction of sp³-hybridized carbons (Fsp3) is 0.714. The number of hydrogen-bond acceptors (Lipinski definition) is 4. The largest absolute Gasteiger partial charge is 0.481 e. The molecule has 0 unspecified atom stereocenters. The fourth-order valence-electron chi connectivity index (χ4n) is 1.46. The number of carboxylic acid groups (broad SMARTS) is 4. The molecular formula is C14H24O8. The van der Waals surface area contributed by atoms with Crippen LogP contribution in [0, 0.1) is 0 Å². The normalized spacial score (nSPS) is 9.45. The van der Waals surface area contributed by atoms with Gasteiger partial charge in [0.25, 0.3) is 0 Å². The Morgan fingerprint density at radius 2 is 0.591 bits per heavy atom. The molecule has 0 bridgehead atoms. The van der Waals surface area contributed by atoms with Crippen molar-refractivity contribution in [3.63, 3.8) is 0 Å². The molecule has 128 valence electrons. The summed E-state index contributed by atoms with van der Waals surface area (Å²) in [5.74, 6) is -3.31. The van der Waals surface area contributed by atoms with E-state index in [-0.39, 0.29) is 25.7 Å². The average molecular weight is 320 g/mol. The van der Waals surface area contributed by atoms with Crippen LogP contribution in [-0.4, -0.2) is 44.3 Å². The Morgan fingerprint density at radius 3 is 0.773 bits per heavy atom. The molecule has 0 aliphatic heterocycles. The molecule has 8 nitrogen and oxygen atoms in total. The zero-order chi connectivity index (χ0) is 17.4. The van der Waals surface area contributed by atoms with Gasteiger partial charge >= 0.3 is 23.9 Å². The van der Waals surface area contributed by atoms with Gasteiger partial charge in [0.05, 0.1) is 0 Å². The van der Waals surface area contributed by atoms with E-state index in [9.17, 15) is 19.2 Å². The van der Waals surface area contributed by atoms with Gasteiger partial charge < -0.3 is 20.4 Å². The topological polar surface area (TPSA) is 149 Å². The number of carbonyl (C=O) groups is 4. The molecule has 0 aliphatic rings. The van der Waals surface area contributed by atoms with Gasteiger partial charge in [0.15, 0.2) is 0 Å². The van der Waals surface area contributed by atoms with Crippen molar-refractivity contribution in [2.24, 2.45) is 0 Å². The molecule has 0 rings (SSSR count). The van der Waals surface area contributed by atoms with E-state index < -0.39 is 23.9 Å². The highest BCUT2D eigenvalue weighted by Gasteiger charge is 1.99. The summed E-state index contributed by atoms with van der Waals surface area (Å²) in [6.07, 6.45) is 4.30. The van der Waals surface area contributed by atoms with E-state index in [2.05, 4.69) is 0 Å². The Morgan fingerprint density at radius 1 is 0.409 bits per heavy atom. The second-order valence-corrected chi connectivity index (χ2v) is 4.70. The average Bonchev–Trinajstić information content (AvgIpc) is 2.38. The van der Waals surface area contributed by atoms with Gasteiger partial charge in [-0.3, -0.25) is 19.2 Å². The first kappa shape index (κ1) is 22.2. The van der Waals surface area contributed by atoms with Crippen molar-refractivity contribution in [1.82, 2.24) is 0 Å². The van der Waals surface area contributed by atoms with E-state index in [0.717, 1.165) is 12.8 Å². The molecule has 4 N–H and O–H groups in total. The maximum Gasteiger partial charge on any atom is 0.303 e. The van der Waals surface area contributed by atoms with E-state index in [1.165, 1.54) is 0 Å². The smallest absolute Gasteiger partial charge is 0.303 e. The first-order valence-corrected chi connectivity index (χ1v) is 7.13. The highest BCUT2D eigenvalue weighted by atomic mass is 16.4. The first-order chi connectivity index (χ1) is 10.3. The van der Waals surface area contributed by atoms with E-state index in [0.29, 0.717) is 25.7 Å². The summed E-state index contributed by atoms with van der Waals surface area (Å²) in [7, 11) is 0. The summed E-state index contributed by atoms with van der Waals surface area (Å²) in [6, 6.07) is 0. The second kappa shape index (κ2) is 15.3. The van der Waals surface area contributed by atoms with Gasteiger partial charge in [-0.2, -0.15) is 0 Å². The molecule has 0 heterocycles. The molecule has 0 saturated carbocycles. The second-order valence-electron chi connectivity index (χ2n) is 4.70. The van der Waals surface area contributed by atoms with Gasteiger partial charge in [0.1, 0.15) is 0 Å². The van der Waals surface area contributed by atoms with Crippen LogP contribution in [0.2, 0.25) is 0 Å². The Bertz CT molecular complexity index is 317. The Balaban J connectivity index is 0. The SMILES string of the molecule is O=C(O)CCCCC(=O)O.O=C(O)CCCCCCC(=O)O. The van der Waals surface area contributed by atoms with Gasteiger partial charge in [-0.1, -0.05) is 12.8 Å². The van der Waals surface area contributed by atoms with E-state index in [1.807, 2.05) is 0 Å². The van der Waals surface area contributed by atoms with E-state index in [4.69, 9.17) is 20.4 Å². The monoisotopic (exact) mass is 320 g/mol. The van der Waals surface area contributed by atoms with Crippen LogP contribution in [0.3, 0.4) is 0 Å².